The van der Waals surface area contributed by atoms with Gasteiger partial charge in [0.15, 0.2) is 0 Å². The minimum Gasteiger partial charge on any atom is -0.402 e. The van der Waals surface area contributed by atoms with Gasteiger partial charge in [-0.3, -0.25) is 0 Å². The van der Waals surface area contributed by atoms with Gasteiger partial charge < -0.3 is 5.73 Å². The van der Waals surface area contributed by atoms with Gasteiger partial charge in [-0.05, 0) is 25.2 Å². The van der Waals surface area contributed by atoms with Gasteiger partial charge in [0.25, 0.3) is 0 Å². The first kappa shape index (κ1) is 9.11. The lowest BCUT2D eigenvalue weighted by Crippen LogP contribution is -2.05. The zero-order chi connectivity index (χ0) is 8.97. The number of nitrogens with two attached hydrogens (primary N) is 1. The van der Waals surface area contributed by atoms with Crippen LogP contribution in [0.4, 0.5) is 0 Å². The Morgan fingerprint density at radius 3 is 2.92 bits per heavy atom. The first-order valence-corrected chi connectivity index (χ1v) is 4.53. The van der Waals surface area contributed by atoms with Gasteiger partial charge in [0.05, 0.1) is 0 Å². The topological polar surface area (TPSA) is 26.0 Å². The van der Waals surface area contributed by atoms with Crippen molar-refractivity contribution in [2.45, 2.75) is 26.2 Å². The number of hydrogen-bond donors (Lipinski definition) is 1. The van der Waals surface area contributed by atoms with E-state index in [0.29, 0.717) is 5.92 Å². The smallest absolute Gasteiger partial charge is 0.00135 e. The SMILES string of the molecule is C=C(N)CC1C=CC(CC)=CC1. The zero-order valence-corrected chi connectivity index (χ0v) is 7.72. The van der Waals surface area contributed by atoms with Crippen LogP contribution >= 0.6 is 0 Å². The summed E-state index contributed by atoms with van der Waals surface area (Å²) in [5, 5.41) is 0. The molecule has 0 aromatic heterocycles. The van der Waals surface area contributed by atoms with E-state index in [1.807, 2.05) is 0 Å². The summed E-state index contributed by atoms with van der Waals surface area (Å²) in [6, 6.07) is 0. The summed E-state index contributed by atoms with van der Waals surface area (Å²) in [5.41, 5.74) is 7.77. The minimum absolute atomic E-state index is 0.581. The maximum absolute atomic E-state index is 5.54. The molecule has 0 aliphatic heterocycles. The highest BCUT2D eigenvalue weighted by molar-refractivity contribution is 5.23. The lowest BCUT2D eigenvalue weighted by molar-refractivity contribution is 0.640. The maximum atomic E-state index is 5.54. The van der Waals surface area contributed by atoms with Crippen LogP contribution in [0.5, 0.6) is 0 Å². The fourth-order valence-corrected chi connectivity index (χ4v) is 1.46. The molecular formula is C11H17N. The summed E-state index contributed by atoms with van der Waals surface area (Å²) < 4.78 is 0. The average Bonchev–Trinajstić information content (AvgIpc) is 2.05. The predicted octanol–water partition coefficient (Wildman–Crippen LogP) is 2.76. The van der Waals surface area contributed by atoms with E-state index in [9.17, 15) is 0 Å². The molecule has 1 nitrogen and oxygen atoms in total. The molecule has 0 spiro atoms. The van der Waals surface area contributed by atoms with Gasteiger partial charge in [0.2, 0.25) is 0 Å². The maximum Gasteiger partial charge on any atom is 0.00135 e. The predicted molar refractivity (Wildman–Crippen MR) is 53.6 cm³/mol. The zero-order valence-electron chi connectivity index (χ0n) is 7.72. The van der Waals surface area contributed by atoms with E-state index in [-0.39, 0.29) is 0 Å². The van der Waals surface area contributed by atoms with Gasteiger partial charge in [-0.1, -0.05) is 37.3 Å². The lowest BCUT2D eigenvalue weighted by atomic mass is 9.92. The summed E-state index contributed by atoms with van der Waals surface area (Å²) in [6.45, 7) is 5.89. The first-order valence-electron chi connectivity index (χ1n) is 4.53. The molecule has 1 rings (SSSR count). The van der Waals surface area contributed by atoms with E-state index >= 15 is 0 Å². The van der Waals surface area contributed by atoms with Crippen molar-refractivity contribution in [1.29, 1.82) is 0 Å². The largest absolute Gasteiger partial charge is 0.402 e. The van der Waals surface area contributed by atoms with Crippen LogP contribution in [-0.2, 0) is 0 Å². The molecule has 0 aromatic rings. The van der Waals surface area contributed by atoms with Crippen molar-refractivity contribution < 1.29 is 0 Å². The summed E-state index contributed by atoms with van der Waals surface area (Å²) in [6.07, 6.45) is 9.92. The van der Waals surface area contributed by atoms with Crippen LogP contribution in [0.1, 0.15) is 26.2 Å². The molecule has 0 aromatic carbocycles. The fourth-order valence-electron chi connectivity index (χ4n) is 1.46. The molecule has 0 amide bonds. The van der Waals surface area contributed by atoms with Crippen LogP contribution in [0.25, 0.3) is 0 Å². The van der Waals surface area contributed by atoms with Gasteiger partial charge in [-0.15, -0.1) is 0 Å². The quantitative estimate of drug-likeness (QED) is 0.680. The third-order valence-corrected chi connectivity index (χ3v) is 2.20. The van der Waals surface area contributed by atoms with E-state index < -0.39 is 0 Å². The minimum atomic E-state index is 0.581. The summed E-state index contributed by atoms with van der Waals surface area (Å²) in [5.74, 6) is 0.581. The van der Waals surface area contributed by atoms with E-state index in [2.05, 4.69) is 31.7 Å². The number of rotatable bonds is 3. The highest BCUT2D eigenvalue weighted by Gasteiger charge is 2.07. The molecule has 0 heterocycles. The Kier molecular flexibility index (Phi) is 3.15. The molecule has 12 heavy (non-hydrogen) atoms. The average molecular weight is 163 g/mol. The van der Waals surface area contributed by atoms with Crippen LogP contribution in [0.2, 0.25) is 0 Å². The molecule has 0 bridgehead atoms. The van der Waals surface area contributed by atoms with Crippen LogP contribution in [0, 0.1) is 5.92 Å². The van der Waals surface area contributed by atoms with Crippen LogP contribution in [-0.4, -0.2) is 0 Å². The van der Waals surface area contributed by atoms with Gasteiger partial charge in [0.1, 0.15) is 0 Å². The Balaban J connectivity index is 2.43. The highest BCUT2D eigenvalue weighted by Crippen LogP contribution is 2.21. The lowest BCUT2D eigenvalue weighted by Gasteiger charge is -2.14. The van der Waals surface area contributed by atoms with Crippen molar-refractivity contribution in [3.05, 3.63) is 36.1 Å². The molecule has 1 atom stereocenters. The molecule has 0 fully saturated rings. The second-order valence-corrected chi connectivity index (χ2v) is 3.35. The Bertz CT molecular complexity index is 223. The molecule has 1 unspecified atom stereocenters. The molecule has 66 valence electrons. The summed E-state index contributed by atoms with van der Waals surface area (Å²) >= 11 is 0. The van der Waals surface area contributed by atoms with Gasteiger partial charge in [0, 0.05) is 5.70 Å². The second-order valence-electron chi connectivity index (χ2n) is 3.35. The first-order chi connectivity index (χ1) is 5.72. The van der Waals surface area contributed by atoms with E-state index in [1.165, 1.54) is 5.57 Å². The third-order valence-electron chi connectivity index (χ3n) is 2.20. The van der Waals surface area contributed by atoms with Gasteiger partial charge in [-0.2, -0.15) is 0 Å². The van der Waals surface area contributed by atoms with E-state index in [4.69, 9.17) is 5.73 Å². The molecule has 0 radical (unpaired) electrons. The molecule has 0 saturated carbocycles. The van der Waals surface area contributed by atoms with Gasteiger partial charge in [-0.25, -0.2) is 0 Å². The Morgan fingerprint density at radius 1 is 1.75 bits per heavy atom. The van der Waals surface area contributed by atoms with Crippen molar-refractivity contribution in [1.82, 2.24) is 0 Å². The normalized spacial score (nSPS) is 22.1. The monoisotopic (exact) mass is 163 g/mol. The highest BCUT2D eigenvalue weighted by atomic mass is 14.6. The summed E-state index contributed by atoms with van der Waals surface area (Å²) in [7, 11) is 0. The Labute approximate surface area is 74.7 Å². The van der Waals surface area contributed by atoms with Crippen molar-refractivity contribution in [2.75, 3.05) is 0 Å². The molecule has 2 N–H and O–H groups in total. The standard InChI is InChI=1S/C11H17N/c1-3-10-4-6-11(7-5-10)8-9(2)12/h4-6,11H,2-3,7-8,12H2,1H3. The second kappa shape index (κ2) is 4.15. The van der Waals surface area contributed by atoms with Crippen molar-refractivity contribution in [3.63, 3.8) is 0 Å². The Hall–Kier alpha value is -0.980. The molecule has 1 heteroatoms. The third kappa shape index (κ3) is 2.57. The van der Waals surface area contributed by atoms with Gasteiger partial charge >= 0.3 is 0 Å². The van der Waals surface area contributed by atoms with Crippen molar-refractivity contribution >= 4 is 0 Å². The van der Waals surface area contributed by atoms with Crippen LogP contribution in [0.15, 0.2) is 36.1 Å². The fraction of sp³-hybridized carbons (Fsp3) is 0.455. The van der Waals surface area contributed by atoms with E-state index in [1.54, 1.807) is 0 Å². The van der Waals surface area contributed by atoms with Crippen molar-refractivity contribution in [2.24, 2.45) is 11.7 Å². The molecule has 0 saturated heterocycles. The van der Waals surface area contributed by atoms with Crippen LogP contribution in [0.3, 0.4) is 0 Å². The molecular weight excluding hydrogens is 146 g/mol. The van der Waals surface area contributed by atoms with Crippen LogP contribution < -0.4 is 5.73 Å². The number of allylic oxidation sites excluding steroid dienone is 5. The van der Waals surface area contributed by atoms with Crippen molar-refractivity contribution in [3.8, 4) is 0 Å². The summed E-state index contributed by atoms with van der Waals surface area (Å²) in [4.78, 5) is 0. The molecule has 1 aliphatic carbocycles. The Morgan fingerprint density at radius 2 is 2.50 bits per heavy atom. The molecule has 1 aliphatic rings. The van der Waals surface area contributed by atoms with E-state index in [0.717, 1.165) is 25.0 Å². The number of hydrogen-bond acceptors (Lipinski definition) is 1.